The second kappa shape index (κ2) is 10.4. The molecule has 2 aromatic rings. The van der Waals surface area contributed by atoms with Crippen LogP contribution in [0.5, 0.6) is 0 Å². The van der Waals surface area contributed by atoms with Gasteiger partial charge in [-0.3, -0.25) is 14.5 Å². The summed E-state index contributed by atoms with van der Waals surface area (Å²) in [5, 5.41) is 5.55. The number of benzene rings is 2. The van der Waals surface area contributed by atoms with E-state index in [1.54, 1.807) is 0 Å². The van der Waals surface area contributed by atoms with Crippen LogP contribution in [0, 0.1) is 13.8 Å². The summed E-state index contributed by atoms with van der Waals surface area (Å²) in [5.41, 5.74) is 4.49. The summed E-state index contributed by atoms with van der Waals surface area (Å²) in [7, 11) is 2.12. The van der Waals surface area contributed by atoms with Crippen molar-refractivity contribution >= 4 is 11.8 Å². The summed E-state index contributed by atoms with van der Waals surface area (Å²) >= 11 is 0. The second-order valence-corrected chi connectivity index (χ2v) is 8.14. The number of hydrogen-bond donors (Lipinski definition) is 2. The highest BCUT2D eigenvalue weighted by atomic mass is 16.2. The van der Waals surface area contributed by atoms with E-state index in [0.717, 1.165) is 42.9 Å². The maximum absolute atomic E-state index is 12.4. The Morgan fingerprint density at radius 3 is 1.97 bits per heavy atom. The average molecular weight is 409 g/mol. The normalized spacial score (nSPS) is 16.1. The van der Waals surface area contributed by atoms with Gasteiger partial charge < -0.3 is 15.5 Å². The number of nitrogens with one attached hydrogen (secondary N) is 2. The first-order valence-electron chi connectivity index (χ1n) is 10.5. The Morgan fingerprint density at radius 1 is 0.833 bits per heavy atom. The van der Waals surface area contributed by atoms with Gasteiger partial charge in [0.05, 0.1) is 6.04 Å². The number of carbonyl (C=O) groups excluding carboxylic acids is 2. The van der Waals surface area contributed by atoms with Gasteiger partial charge in [-0.1, -0.05) is 59.7 Å². The molecule has 0 unspecified atom stereocenters. The van der Waals surface area contributed by atoms with Gasteiger partial charge in [0, 0.05) is 39.3 Å². The van der Waals surface area contributed by atoms with Gasteiger partial charge in [0.25, 0.3) is 0 Å². The SMILES string of the molecule is Cc1ccc(CNC(=O)C(=O)NC[C@H](c2ccc(C)cc2)N2CCN(C)CC2)cc1. The van der Waals surface area contributed by atoms with Crippen LogP contribution in [0.2, 0.25) is 0 Å². The molecule has 1 atom stereocenters. The third kappa shape index (κ3) is 6.15. The summed E-state index contributed by atoms with van der Waals surface area (Å²) in [6, 6.07) is 16.3. The molecule has 1 saturated heterocycles. The molecule has 1 aliphatic rings. The summed E-state index contributed by atoms with van der Waals surface area (Å²) in [6.45, 7) is 8.68. The van der Waals surface area contributed by atoms with E-state index in [0.29, 0.717) is 13.1 Å². The van der Waals surface area contributed by atoms with E-state index in [1.165, 1.54) is 5.56 Å². The number of aryl methyl sites for hydroxylation is 2. The van der Waals surface area contributed by atoms with Crippen molar-refractivity contribution in [2.75, 3.05) is 39.8 Å². The minimum atomic E-state index is -0.600. The lowest BCUT2D eigenvalue weighted by molar-refractivity contribution is -0.139. The smallest absolute Gasteiger partial charge is 0.309 e. The summed E-state index contributed by atoms with van der Waals surface area (Å²) in [4.78, 5) is 29.3. The van der Waals surface area contributed by atoms with Crippen LogP contribution < -0.4 is 10.6 Å². The minimum absolute atomic E-state index is 0.0492. The lowest BCUT2D eigenvalue weighted by Gasteiger charge is -2.38. The molecule has 1 fully saturated rings. The predicted octanol–water partition coefficient (Wildman–Crippen LogP) is 2.02. The topological polar surface area (TPSA) is 64.7 Å². The molecule has 0 saturated carbocycles. The van der Waals surface area contributed by atoms with E-state index in [1.807, 2.05) is 31.2 Å². The molecule has 0 aliphatic carbocycles. The molecular weight excluding hydrogens is 376 g/mol. The van der Waals surface area contributed by atoms with Gasteiger partial charge in [-0.05, 0) is 32.0 Å². The largest absolute Gasteiger partial charge is 0.346 e. The molecule has 0 spiro atoms. The third-order valence-corrected chi connectivity index (χ3v) is 5.68. The van der Waals surface area contributed by atoms with Crippen LogP contribution in [0.3, 0.4) is 0 Å². The van der Waals surface area contributed by atoms with E-state index in [9.17, 15) is 9.59 Å². The van der Waals surface area contributed by atoms with Crippen molar-refractivity contribution in [3.8, 4) is 0 Å². The monoisotopic (exact) mass is 408 g/mol. The average Bonchev–Trinajstić information content (AvgIpc) is 2.75. The van der Waals surface area contributed by atoms with E-state index in [2.05, 4.69) is 58.7 Å². The molecule has 1 aliphatic heterocycles. The number of rotatable bonds is 6. The molecule has 0 radical (unpaired) electrons. The second-order valence-electron chi connectivity index (χ2n) is 8.14. The van der Waals surface area contributed by atoms with Crippen LogP contribution in [0.15, 0.2) is 48.5 Å². The van der Waals surface area contributed by atoms with Crippen molar-refractivity contribution in [2.24, 2.45) is 0 Å². The Morgan fingerprint density at radius 2 is 1.37 bits per heavy atom. The van der Waals surface area contributed by atoms with Crippen molar-refractivity contribution in [1.29, 1.82) is 0 Å². The molecule has 0 aromatic heterocycles. The maximum atomic E-state index is 12.4. The van der Waals surface area contributed by atoms with Crippen LogP contribution in [0.4, 0.5) is 0 Å². The Bertz CT molecular complexity index is 841. The van der Waals surface area contributed by atoms with Crippen LogP contribution in [0.25, 0.3) is 0 Å². The van der Waals surface area contributed by atoms with Gasteiger partial charge >= 0.3 is 11.8 Å². The lowest BCUT2D eigenvalue weighted by Crippen LogP contribution is -2.49. The molecule has 2 amide bonds. The molecule has 1 heterocycles. The summed E-state index contributed by atoms with van der Waals surface area (Å²) in [5.74, 6) is -1.19. The maximum Gasteiger partial charge on any atom is 0.309 e. The summed E-state index contributed by atoms with van der Waals surface area (Å²) in [6.07, 6.45) is 0. The molecular formula is C24H32N4O2. The zero-order chi connectivity index (χ0) is 21.5. The fraction of sp³-hybridized carbons (Fsp3) is 0.417. The number of hydrogen-bond acceptors (Lipinski definition) is 4. The molecule has 2 N–H and O–H groups in total. The number of likely N-dealkylation sites (N-methyl/N-ethyl adjacent to an activating group) is 1. The highest BCUT2D eigenvalue weighted by Gasteiger charge is 2.25. The Hall–Kier alpha value is -2.70. The molecule has 160 valence electrons. The minimum Gasteiger partial charge on any atom is -0.346 e. The summed E-state index contributed by atoms with van der Waals surface area (Å²) < 4.78 is 0. The van der Waals surface area contributed by atoms with E-state index < -0.39 is 11.8 Å². The van der Waals surface area contributed by atoms with Gasteiger partial charge in [-0.25, -0.2) is 0 Å². The van der Waals surface area contributed by atoms with Gasteiger partial charge in [-0.2, -0.15) is 0 Å². The van der Waals surface area contributed by atoms with E-state index in [-0.39, 0.29) is 6.04 Å². The van der Waals surface area contributed by atoms with Crippen molar-refractivity contribution in [1.82, 2.24) is 20.4 Å². The van der Waals surface area contributed by atoms with E-state index >= 15 is 0 Å². The third-order valence-electron chi connectivity index (χ3n) is 5.68. The molecule has 30 heavy (non-hydrogen) atoms. The quantitative estimate of drug-likeness (QED) is 0.718. The van der Waals surface area contributed by atoms with Gasteiger partial charge in [0.15, 0.2) is 0 Å². The van der Waals surface area contributed by atoms with E-state index in [4.69, 9.17) is 0 Å². The Balaban J connectivity index is 1.58. The number of nitrogens with zero attached hydrogens (tertiary/aromatic N) is 2. The highest BCUT2D eigenvalue weighted by Crippen LogP contribution is 2.22. The predicted molar refractivity (Wildman–Crippen MR) is 119 cm³/mol. The number of carbonyl (C=O) groups is 2. The molecule has 2 aromatic carbocycles. The zero-order valence-corrected chi connectivity index (χ0v) is 18.1. The number of piperazine rings is 1. The van der Waals surface area contributed by atoms with Crippen molar-refractivity contribution in [3.63, 3.8) is 0 Å². The fourth-order valence-electron chi connectivity index (χ4n) is 3.62. The van der Waals surface area contributed by atoms with Crippen LogP contribution >= 0.6 is 0 Å². The van der Waals surface area contributed by atoms with Gasteiger partial charge in [0.1, 0.15) is 0 Å². The molecule has 0 bridgehead atoms. The lowest BCUT2D eigenvalue weighted by atomic mass is 10.0. The first kappa shape index (κ1) is 22.0. The Labute approximate surface area is 179 Å². The van der Waals surface area contributed by atoms with Crippen LogP contribution in [-0.2, 0) is 16.1 Å². The first-order chi connectivity index (χ1) is 14.4. The fourth-order valence-corrected chi connectivity index (χ4v) is 3.62. The first-order valence-corrected chi connectivity index (χ1v) is 10.5. The van der Waals surface area contributed by atoms with Crippen molar-refractivity contribution in [3.05, 3.63) is 70.8 Å². The number of amides is 2. The standard InChI is InChI=1S/C24H32N4O2/c1-18-4-8-20(9-5-18)16-25-23(29)24(30)26-17-22(21-10-6-19(2)7-11-21)28-14-12-27(3)13-15-28/h4-11,22H,12-17H2,1-3H3,(H,25,29)(H,26,30)/t22-/m1/s1. The molecule has 6 nitrogen and oxygen atoms in total. The molecule has 6 heteroatoms. The van der Waals surface area contributed by atoms with Gasteiger partial charge in [-0.15, -0.1) is 0 Å². The Kier molecular flexibility index (Phi) is 7.60. The van der Waals surface area contributed by atoms with Crippen molar-refractivity contribution in [2.45, 2.75) is 26.4 Å². The van der Waals surface area contributed by atoms with Gasteiger partial charge in [0.2, 0.25) is 0 Å². The zero-order valence-electron chi connectivity index (χ0n) is 18.1. The molecule has 3 rings (SSSR count). The highest BCUT2D eigenvalue weighted by molar-refractivity contribution is 6.35. The van der Waals surface area contributed by atoms with Crippen LogP contribution in [0.1, 0.15) is 28.3 Å². The van der Waals surface area contributed by atoms with Crippen LogP contribution in [-0.4, -0.2) is 61.4 Å². The van der Waals surface area contributed by atoms with Crippen molar-refractivity contribution < 1.29 is 9.59 Å².